The monoisotopic (exact) mass is 527 g/mol. The zero-order valence-electron chi connectivity index (χ0n) is 20.3. The molecule has 0 bridgehead atoms. The van der Waals surface area contributed by atoms with E-state index in [1.165, 1.54) is 25.5 Å². The van der Waals surface area contributed by atoms with Crippen LogP contribution in [0.2, 0.25) is 0 Å². The summed E-state index contributed by atoms with van der Waals surface area (Å²) in [6, 6.07) is 10.5. The van der Waals surface area contributed by atoms with Crippen LogP contribution in [0.15, 0.2) is 58.8 Å². The van der Waals surface area contributed by atoms with Crippen LogP contribution >= 0.6 is 12.2 Å². The molecule has 1 atom stereocenters. The molecule has 0 radical (unpaired) electrons. The number of carbonyl (C=O) groups is 2. The number of esters is 1. The predicted molar refractivity (Wildman–Crippen MR) is 138 cm³/mol. The maximum Gasteiger partial charge on any atom is 0.338 e. The lowest BCUT2D eigenvalue weighted by molar-refractivity contribution is -0.385. The van der Waals surface area contributed by atoms with Crippen molar-refractivity contribution < 1.29 is 28.7 Å². The highest BCUT2D eigenvalue weighted by atomic mass is 32.1. The first-order valence-electron chi connectivity index (χ1n) is 11.1. The molecule has 2 aromatic rings. The summed E-state index contributed by atoms with van der Waals surface area (Å²) >= 11 is 5.26. The van der Waals surface area contributed by atoms with Crippen molar-refractivity contribution in [2.24, 2.45) is 5.10 Å². The van der Waals surface area contributed by atoms with E-state index in [1.807, 2.05) is 0 Å². The van der Waals surface area contributed by atoms with E-state index in [2.05, 4.69) is 21.2 Å². The Morgan fingerprint density at radius 1 is 1.24 bits per heavy atom. The molecule has 3 N–H and O–H groups in total. The molecule has 0 aromatic heterocycles. The number of nitro benzene ring substituents is 1. The predicted octanol–water partition coefficient (Wildman–Crippen LogP) is 2.49. The number of nitrogens with zero attached hydrogens (tertiary/aromatic N) is 2. The summed E-state index contributed by atoms with van der Waals surface area (Å²) in [6.07, 6.45) is 1.26. The van der Waals surface area contributed by atoms with Crippen molar-refractivity contribution in [1.82, 2.24) is 16.1 Å². The minimum absolute atomic E-state index is 0.110. The molecule has 37 heavy (non-hydrogen) atoms. The van der Waals surface area contributed by atoms with Crippen LogP contribution in [0, 0.1) is 10.1 Å². The Balaban J connectivity index is 1.70. The van der Waals surface area contributed by atoms with E-state index in [9.17, 15) is 19.7 Å². The van der Waals surface area contributed by atoms with Crippen LogP contribution in [0.25, 0.3) is 0 Å². The number of thiocarbonyl (C=S) groups is 1. The van der Waals surface area contributed by atoms with Crippen LogP contribution in [0.1, 0.15) is 31.0 Å². The molecular weight excluding hydrogens is 502 g/mol. The highest BCUT2D eigenvalue weighted by molar-refractivity contribution is 7.80. The van der Waals surface area contributed by atoms with Crippen molar-refractivity contribution in [2.75, 3.05) is 20.3 Å². The van der Waals surface area contributed by atoms with Gasteiger partial charge in [-0.05, 0) is 44.3 Å². The summed E-state index contributed by atoms with van der Waals surface area (Å²) in [7, 11) is 1.33. The number of nitro groups is 1. The fourth-order valence-electron chi connectivity index (χ4n) is 3.54. The fourth-order valence-corrected chi connectivity index (χ4v) is 3.81. The molecule has 0 saturated carbocycles. The number of ether oxygens (including phenoxy) is 3. The van der Waals surface area contributed by atoms with Crippen molar-refractivity contribution in [3.63, 3.8) is 0 Å². The molecule has 1 aliphatic rings. The van der Waals surface area contributed by atoms with Crippen molar-refractivity contribution in [3.05, 3.63) is 75.0 Å². The molecule has 13 heteroatoms. The molecule has 1 amide bonds. The Kier molecular flexibility index (Phi) is 9.11. The molecule has 0 spiro atoms. The number of carbonyl (C=O) groups excluding carboxylic acids is 2. The topological polar surface area (TPSA) is 153 Å². The number of hydrogen-bond acceptors (Lipinski definition) is 9. The van der Waals surface area contributed by atoms with Gasteiger partial charge in [0, 0.05) is 22.9 Å². The maximum atomic E-state index is 12.6. The van der Waals surface area contributed by atoms with Gasteiger partial charge < -0.3 is 24.8 Å². The van der Waals surface area contributed by atoms with Gasteiger partial charge in [-0.15, -0.1) is 0 Å². The Morgan fingerprint density at radius 3 is 2.70 bits per heavy atom. The van der Waals surface area contributed by atoms with Crippen LogP contribution < -0.4 is 25.5 Å². The van der Waals surface area contributed by atoms with E-state index in [1.54, 1.807) is 44.2 Å². The number of rotatable bonds is 10. The van der Waals surface area contributed by atoms with Crippen LogP contribution in [-0.4, -0.2) is 48.5 Å². The van der Waals surface area contributed by atoms with Gasteiger partial charge in [-0.3, -0.25) is 14.9 Å². The van der Waals surface area contributed by atoms with Crippen LogP contribution in [0.3, 0.4) is 0 Å². The fraction of sp³-hybridized carbons (Fsp3) is 0.250. The lowest BCUT2D eigenvalue weighted by atomic mass is 9.95. The number of para-hydroxylation sites is 1. The average Bonchev–Trinajstić information content (AvgIpc) is 2.87. The largest absolute Gasteiger partial charge is 0.490 e. The quantitative estimate of drug-likeness (QED) is 0.138. The lowest BCUT2D eigenvalue weighted by Gasteiger charge is -2.30. The Labute approximate surface area is 217 Å². The second-order valence-electron chi connectivity index (χ2n) is 7.60. The van der Waals surface area contributed by atoms with Crippen molar-refractivity contribution in [3.8, 4) is 11.5 Å². The molecule has 0 aliphatic carbocycles. The lowest BCUT2D eigenvalue weighted by Crippen LogP contribution is -2.45. The Hall–Kier alpha value is -4.52. The number of hydrogen-bond donors (Lipinski definition) is 3. The second-order valence-corrected chi connectivity index (χ2v) is 8.01. The second kappa shape index (κ2) is 12.4. The number of methoxy groups -OCH3 is 1. The molecule has 12 nitrogen and oxygen atoms in total. The molecule has 3 rings (SSSR count). The summed E-state index contributed by atoms with van der Waals surface area (Å²) in [5.41, 5.74) is 3.94. The standard InChI is InChI=1S/C24H25N5O7S/c1-4-35-23(31)21-14(2)26-24(37)27-22(21)16-7-5-6-8-18(16)36-13-20(30)28-25-12-15-9-10-19(34-3)17(11-15)29(32)33/h5-12,22H,4,13H2,1-3H3,(H,28,30)(H2,26,27,37)/t22-/m0/s1. The maximum absolute atomic E-state index is 12.6. The number of amides is 1. The molecule has 0 fully saturated rings. The highest BCUT2D eigenvalue weighted by Gasteiger charge is 2.32. The minimum Gasteiger partial charge on any atom is -0.490 e. The zero-order valence-corrected chi connectivity index (χ0v) is 21.1. The van der Waals surface area contributed by atoms with Crippen LogP contribution in [-0.2, 0) is 14.3 Å². The number of hydrazone groups is 1. The van der Waals surface area contributed by atoms with E-state index in [-0.39, 0.29) is 24.7 Å². The SMILES string of the molecule is CCOC(=O)C1=C(C)NC(=S)N[C@H]1c1ccccc1OCC(=O)NN=Cc1ccc(OC)c([N+](=O)[O-])c1. The first-order valence-corrected chi connectivity index (χ1v) is 11.5. The molecule has 194 valence electrons. The van der Waals surface area contributed by atoms with E-state index in [0.717, 1.165) is 0 Å². The average molecular weight is 528 g/mol. The van der Waals surface area contributed by atoms with Crippen LogP contribution in [0.4, 0.5) is 5.69 Å². The smallest absolute Gasteiger partial charge is 0.338 e. The van der Waals surface area contributed by atoms with Gasteiger partial charge in [0.2, 0.25) is 0 Å². The summed E-state index contributed by atoms with van der Waals surface area (Å²) in [5.74, 6) is -0.615. The highest BCUT2D eigenvalue weighted by Crippen LogP contribution is 2.33. The first kappa shape index (κ1) is 27.1. The van der Waals surface area contributed by atoms with Crippen molar-refractivity contribution in [2.45, 2.75) is 19.9 Å². The van der Waals surface area contributed by atoms with Gasteiger partial charge in [0.1, 0.15) is 5.75 Å². The van der Waals surface area contributed by atoms with E-state index in [4.69, 9.17) is 26.4 Å². The number of allylic oxidation sites excluding steroid dienone is 1. The van der Waals surface area contributed by atoms with Gasteiger partial charge in [-0.25, -0.2) is 10.2 Å². The van der Waals surface area contributed by atoms with Gasteiger partial charge in [-0.1, -0.05) is 18.2 Å². The summed E-state index contributed by atoms with van der Waals surface area (Å²) in [5, 5.41) is 21.3. The zero-order chi connectivity index (χ0) is 26.9. The van der Waals surface area contributed by atoms with Crippen molar-refractivity contribution in [1.29, 1.82) is 0 Å². The third kappa shape index (κ3) is 6.79. The molecule has 0 saturated heterocycles. The van der Waals surface area contributed by atoms with Gasteiger partial charge >= 0.3 is 11.7 Å². The van der Waals surface area contributed by atoms with E-state index < -0.39 is 22.8 Å². The summed E-state index contributed by atoms with van der Waals surface area (Å²) in [4.78, 5) is 35.5. The van der Waals surface area contributed by atoms with Crippen LogP contribution in [0.5, 0.6) is 11.5 Å². The molecule has 0 unspecified atom stereocenters. The summed E-state index contributed by atoms with van der Waals surface area (Å²) < 4.78 is 15.9. The Morgan fingerprint density at radius 2 is 2.00 bits per heavy atom. The van der Waals surface area contributed by atoms with Crippen molar-refractivity contribution >= 4 is 41.1 Å². The van der Waals surface area contributed by atoms with Gasteiger partial charge in [0.15, 0.2) is 17.5 Å². The van der Waals surface area contributed by atoms with Gasteiger partial charge in [0.05, 0.1) is 36.5 Å². The molecule has 2 aromatic carbocycles. The molecular formula is C24H25N5O7S. The number of nitrogens with one attached hydrogen (secondary N) is 3. The Bertz CT molecular complexity index is 1280. The third-order valence-corrected chi connectivity index (χ3v) is 5.38. The van der Waals surface area contributed by atoms with E-state index >= 15 is 0 Å². The minimum atomic E-state index is -0.657. The molecule has 1 aliphatic heterocycles. The first-order chi connectivity index (χ1) is 17.7. The molecule has 1 heterocycles. The normalized spacial score (nSPS) is 15.0. The van der Waals surface area contributed by atoms with E-state index in [0.29, 0.717) is 33.3 Å². The number of benzene rings is 2. The van der Waals surface area contributed by atoms with Gasteiger partial charge in [-0.2, -0.15) is 5.10 Å². The third-order valence-electron chi connectivity index (χ3n) is 5.16. The summed E-state index contributed by atoms with van der Waals surface area (Å²) in [6.45, 7) is 3.25. The van der Waals surface area contributed by atoms with Gasteiger partial charge in [0.25, 0.3) is 5.91 Å².